The Hall–Kier alpha value is -0.850. The number of carbonyl (C=O) groups is 1. The Labute approximate surface area is 80.5 Å². The number of hydrogen-bond acceptors (Lipinski definition) is 1. The van der Waals surface area contributed by atoms with Crippen LogP contribution >= 0.6 is 0 Å². The van der Waals surface area contributed by atoms with Crippen molar-refractivity contribution in [3.8, 4) is 0 Å². The van der Waals surface area contributed by atoms with Crippen molar-refractivity contribution in [2.75, 3.05) is 0 Å². The SMILES string of the molecule is C/C=C1\CC/C(=C/C(C)(C)C)C1=O. The molecule has 1 fully saturated rings. The Morgan fingerprint density at radius 3 is 2.08 bits per heavy atom. The summed E-state index contributed by atoms with van der Waals surface area (Å²) in [5.74, 6) is 0.262. The summed E-state index contributed by atoms with van der Waals surface area (Å²) in [6.45, 7) is 8.32. The average molecular weight is 178 g/mol. The molecule has 13 heavy (non-hydrogen) atoms. The summed E-state index contributed by atoms with van der Waals surface area (Å²) in [6, 6.07) is 0. The van der Waals surface area contributed by atoms with Crippen LogP contribution in [0.4, 0.5) is 0 Å². The quantitative estimate of drug-likeness (QED) is 0.520. The highest BCUT2D eigenvalue weighted by molar-refractivity contribution is 6.10. The van der Waals surface area contributed by atoms with Crippen molar-refractivity contribution in [1.82, 2.24) is 0 Å². The van der Waals surface area contributed by atoms with Gasteiger partial charge < -0.3 is 0 Å². The lowest BCUT2D eigenvalue weighted by atomic mass is 9.92. The molecule has 0 aliphatic heterocycles. The largest absolute Gasteiger partial charge is 0.289 e. The molecule has 1 nitrogen and oxygen atoms in total. The molecule has 0 bridgehead atoms. The number of ketones is 1. The van der Waals surface area contributed by atoms with Crippen molar-refractivity contribution in [3.63, 3.8) is 0 Å². The normalized spacial score (nSPS) is 24.8. The van der Waals surface area contributed by atoms with Gasteiger partial charge in [-0.2, -0.15) is 0 Å². The second kappa shape index (κ2) is 3.49. The van der Waals surface area contributed by atoms with Gasteiger partial charge in [0.15, 0.2) is 5.78 Å². The first-order valence-electron chi connectivity index (χ1n) is 4.85. The minimum absolute atomic E-state index is 0.119. The maximum Gasteiger partial charge on any atom is 0.184 e. The number of Topliss-reactive ketones (excluding diaryl/α,β-unsaturated/α-hetero) is 1. The molecule has 0 unspecified atom stereocenters. The van der Waals surface area contributed by atoms with Crippen LogP contribution < -0.4 is 0 Å². The van der Waals surface area contributed by atoms with Gasteiger partial charge in [-0.15, -0.1) is 0 Å². The van der Waals surface area contributed by atoms with E-state index in [2.05, 4.69) is 26.8 Å². The predicted molar refractivity (Wildman–Crippen MR) is 55.5 cm³/mol. The van der Waals surface area contributed by atoms with Gasteiger partial charge >= 0.3 is 0 Å². The molecule has 1 rings (SSSR count). The maximum atomic E-state index is 11.7. The Morgan fingerprint density at radius 1 is 1.15 bits per heavy atom. The van der Waals surface area contributed by atoms with Crippen molar-refractivity contribution >= 4 is 5.78 Å². The number of rotatable bonds is 0. The Balaban J connectivity index is 2.88. The van der Waals surface area contributed by atoms with Gasteiger partial charge in [-0.25, -0.2) is 0 Å². The second-order valence-corrected chi connectivity index (χ2v) is 4.68. The number of carbonyl (C=O) groups excluding carboxylic acids is 1. The third kappa shape index (κ3) is 2.55. The zero-order chi connectivity index (χ0) is 10.1. The topological polar surface area (TPSA) is 17.1 Å². The van der Waals surface area contributed by atoms with Crippen LogP contribution in [-0.2, 0) is 4.79 Å². The first kappa shape index (κ1) is 10.2. The molecule has 1 aliphatic carbocycles. The fourth-order valence-corrected chi connectivity index (χ4v) is 1.64. The van der Waals surface area contributed by atoms with Crippen molar-refractivity contribution in [1.29, 1.82) is 0 Å². The maximum absolute atomic E-state index is 11.7. The summed E-state index contributed by atoms with van der Waals surface area (Å²) in [6.07, 6.45) is 5.89. The fourth-order valence-electron chi connectivity index (χ4n) is 1.64. The van der Waals surface area contributed by atoms with E-state index in [4.69, 9.17) is 0 Å². The lowest BCUT2D eigenvalue weighted by molar-refractivity contribution is -0.111. The average Bonchev–Trinajstić information content (AvgIpc) is 2.30. The summed E-state index contributed by atoms with van der Waals surface area (Å²) in [5, 5.41) is 0. The first-order valence-corrected chi connectivity index (χ1v) is 4.85. The van der Waals surface area contributed by atoms with E-state index in [-0.39, 0.29) is 11.2 Å². The molecular weight excluding hydrogens is 160 g/mol. The van der Waals surface area contributed by atoms with Crippen LogP contribution in [0, 0.1) is 5.41 Å². The van der Waals surface area contributed by atoms with Crippen LogP contribution in [0.2, 0.25) is 0 Å². The lowest BCUT2D eigenvalue weighted by Gasteiger charge is -2.12. The van der Waals surface area contributed by atoms with Crippen LogP contribution in [0.15, 0.2) is 23.3 Å². The molecule has 0 atom stereocenters. The van der Waals surface area contributed by atoms with Crippen LogP contribution in [-0.4, -0.2) is 5.78 Å². The minimum atomic E-state index is 0.119. The van der Waals surface area contributed by atoms with Crippen molar-refractivity contribution in [3.05, 3.63) is 23.3 Å². The van der Waals surface area contributed by atoms with Crippen LogP contribution in [0.1, 0.15) is 40.5 Å². The van der Waals surface area contributed by atoms with Gasteiger partial charge in [0, 0.05) is 0 Å². The van der Waals surface area contributed by atoms with E-state index in [1.54, 1.807) is 0 Å². The van der Waals surface area contributed by atoms with E-state index < -0.39 is 0 Å². The Morgan fingerprint density at radius 2 is 1.69 bits per heavy atom. The molecule has 0 heterocycles. The molecule has 1 saturated carbocycles. The zero-order valence-electron chi connectivity index (χ0n) is 8.98. The molecule has 0 amide bonds. The van der Waals surface area contributed by atoms with Gasteiger partial charge in [-0.1, -0.05) is 32.9 Å². The number of hydrogen-bond donors (Lipinski definition) is 0. The standard InChI is InChI=1S/C12H18O/c1-5-9-6-7-10(11(9)13)8-12(2,3)4/h5,8H,6-7H2,1-4H3/b9-5+,10-8-. The van der Waals surface area contributed by atoms with E-state index in [0.717, 1.165) is 24.0 Å². The van der Waals surface area contributed by atoms with Gasteiger partial charge in [-0.3, -0.25) is 4.79 Å². The van der Waals surface area contributed by atoms with E-state index >= 15 is 0 Å². The van der Waals surface area contributed by atoms with Gasteiger partial charge in [-0.05, 0) is 36.3 Å². The fraction of sp³-hybridized carbons (Fsp3) is 0.583. The van der Waals surface area contributed by atoms with Gasteiger partial charge in [0.05, 0.1) is 0 Å². The molecule has 0 spiro atoms. The van der Waals surface area contributed by atoms with E-state index in [1.165, 1.54) is 0 Å². The van der Waals surface area contributed by atoms with E-state index in [0.29, 0.717) is 0 Å². The molecule has 1 aliphatic rings. The third-order valence-electron chi connectivity index (χ3n) is 2.20. The molecular formula is C12H18O. The minimum Gasteiger partial charge on any atom is -0.289 e. The van der Waals surface area contributed by atoms with Gasteiger partial charge in [0.25, 0.3) is 0 Å². The Bertz CT molecular complexity index is 274. The molecule has 1 heteroatoms. The molecule has 0 aromatic rings. The van der Waals surface area contributed by atoms with E-state index in [1.807, 2.05) is 13.0 Å². The molecule has 0 radical (unpaired) electrons. The monoisotopic (exact) mass is 178 g/mol. The lowest BCUT2D eigenvalue weighted by Crippen LogP contribution is -2.04. The molecule has 0 saturated heterocycles. The highest BCUT2D eigenvalue weighted by atomic mass is 16.1. The highest BCUT2D eigenvalue weighted by Crippen LogP contribution is 2.29. The Kier molecular flexibility index (Phi) is 2.74. The first-order chi connectivity index (χ1) is 5.94. The highest BCUT2D eigenvalue weighted by Gasteiger charge is 2.23. The van der Waals surface area contributed by atoms with E-state index in [9.17, 15) is 4.79 Å². The second-order valence-electron chi connectivity index (χ2n) is 4.68. The van der Waals surface area contributed by atoms with Gasteiger partial charge in [0.1, 0.15) is 0 Å². The van der Waals surface area contributed by atoms with Crippen molar-refractivity contribution in [2.24, 2.45) is 5.41 Å². The van der Waals surface area contributed by atoms with Crippen LogP contribution in [0.25, 0.3) is 0 Å². The molecule has 0 aromatic heterocycles. The van der Waals surface area contributed by atoms with Crippen LogP contribution in [0.5, 0.6) is 0 Å². The van der Waals surface area contributed by atoms with Crippen molar-refractivity contribution < 1.29 is 4.79 Å². The van der Waals surface area contributed by atoms with Gasteiger partial charge in [0.2, 0.25) is 0 Å². The molecule has 0 aromatic carbocycles. The van der Waals surface area contributed by atoms with Crippen LogP contribution in [0.3, 0.4) is 0 Å². The molecule has 0 N–H and O–H groups in total. The molecule has 72 valence electrons. The summed E-state index contributed by atoms with van der Waals surface area (Å²) in [7, 11) is 0. The number of allylic oxidation sites excluding steroid dienone is 4. The summed E-state index contributed by atoms with van der Waals surface area (Å²) < 4.78 is 0. The summed E-state index contributed by atoms with van der Waals surface area (Å²) >= 11 is 0. The third-order valence-corrected chi connectivity index (χ3v) is 2.20. The zero-order valence-corrected chi connectivity index (χ0v) is 8.98. The smallest absolute Gasteiger partial charge is 0.184 e. The summed E-state index contributed by atoms with van der Waals surface area (Å²) in [5.41, 5.74) is 2.10. The van der Waals surface area contributed by atoms with Crippen molar-refractivity contribution in [2.45, 2.75) is 40.5 Å². The predicted octanol–water partition coefficient (Wildman–Crippen LogP) is 3.27. The summed E-state index contributed by atoms with van der Waals surface area (Å²) in [4.78, 5) is 11.7.